The first-order valence-corrected chi connectivity index (χ1v) is 10.7. The summed E-state index contributed by atoms with van der Waals surface area (Å²) in [5.74, 6) is 0.868. The zero-order valence-electron chi connectivity index (χ0n) is 17.6. The predicted octanol–water partition coefficient (Wildman–Crippen LogP) is 6.17. The molecule has 1 aliphatic carbocycles. The van der Waals surface area contributed by atoms with Gasteiger partial charge in [0.1, 0.15) is 19.1 Å². The van der Waals surface area contributed by atoms with Crippen molar-refractivity contribution in [2.24, 2.45) is 0 Å². The van der Waals surface area contributed by atoms with Crippen LogP contribution < -0.4 is 4.74 Å². The fourth-order valence-electron chi connectivity index (χ4n) is 4.28. The van der Waals surface area contributed by atoms with Crippen molar-refractivity contribution in [3.05, 3.63) is 77.9 Å². The van der Waals surface area contributed by atoms with Crippen molar-refractivity contribution in [1.82, 2.24) is 0 Å². The van der Waals surface area contributed by atoms with Crippen molar-refractivity contribution in [3.63, 3.8) is 0 Å². The highest BCUT2D eigenvalue weighted by Gasteiger charge is 2.35. The summed E-state index contributed by atoms with van der Waals surface area (Å²) in [4.78, 5) is 0. The molecule has 1 aliphatic rings. The minimum atomic E-state index is -0.311. The molecule has 4 heteroatoms. The third kappa shape index (κ3) is 5.01. The number of rotatable bonds is 9. The van der Waals surface area contributed by atoms with Crippen molar-refractivity contribution >= 4 is 10.8 Å². The number of ether oxygens (including phenoxy) is 4. The monoisotopic (exact) mass is 406 g/mol. The summed E-state index contributed by atoms with van der Waals surface area (Å²) in [6.45, 7) is 1.01. The molecule has 0 N–H and O–H groups in total. The van der Waals surface area contributed by atoms with Gasteiger partial charge in [-0.2, -0.15) is 0 Å². The Morgan fingerprint density at radius 1 is 0.800 bits per heavy atom. The van der Waals surface area contributed by atoms with E-state index in [4.69, 9.17) is 18.9 Å². The molecule has 0 bridgehead atoms. The van der Waals surface area contributed by atoms with E-state index in [9.17, 15) is 0 Å². The summed E-state index contributed by atoms with van der Waals surface area (Å²) in [6.07, 6.45) is 5.57. The lowest BCUT2D eigenvalue weighted by Gasteiger charge is -2.37. The van der Waals surface area contributed by atoms with E-state index in [1.165, 1.54) is 22.8 Å². The molecule has 0 saturated heterocycles. The average molecular weight is 407 g/mol. The molecule has 1 fully saturated rings. The second-order valence-electron chi connectivity index (χ2n) is 7.93. The SMILES string of the molecule is COCOCOC1(c2cccc(OCc3ccc4ccccc4c3)c2)CCCCC1. The van der Waals surface area contributed by atoms with Crippen LogP contribution in [0.2, 0.25) is 0 Å². The van der Waals surface area contributed by atoms with E-state index in [-0.39, 0.29) is 19.2 Å². The van der Waals surface area contributed by atoms with Gasteiger partial charge >= 0.3 is 0 Å². The number of hydrogen-bond acceptors (Lipinski definition) is 4. The van der Waals surface area contributed by atoms with E-state index in [2.05, 4.69) is 60.7 Å². The molecule has 0 aliphatic heterocycles. The van der Waals surface area contributed by atoms with Gasteiger partial charge in [0, 0.05) is 7.11 Å². The molecule has 0 radical (unpaired) electrons. The first-order valence-electron chi connectivity index (χ1n) is 10.7. The van der Waals surface area contributed by atoms with Crippen molar-refractivity contribution < 1.29 is 18.9 Å². The Hall–Kier alpha value is -2.40. The fourth-order valence-corrected chi connectivity index (χ4v) is 4.28. The summed E-state index contributed by atoms with van der Waals surface area (Å²) in [6, 6.07) is 23.2. The maximum atomic E-state index is 6.27. The maximum Gasteiger partial charge on any atom is 0.150 e. The molecule has 0 atom stereocenters. The minimum absolute atomic E-state index is 0.232. The highest BCUT2D eigenvalue weighted by molar-refractivity contribution is 5.82. The Bertz CT molecular complexity index is 946. The van der Waals surface area contributed by atoms with Crippen LogP contribution in [0.4, 0.5) is 0 Å². The quantitative estimate of drug-likeness (QED) is 0.314. The van der Waals surface area contributed by atoms with Crippen molar-refractivity contribution in [2.45, 2.75) is 44.3 Å². The molecule has 3 aromatic rings. The number of hydrogen-bond donors (Lipinski definition) is 0. The third-order valence-corrected chi connectivity index (χ3v) is 5.86. The van der Waals surface area contributed by atoms with Crippen molar-refractivity contribution in [2.75, 3.05) is 20.7 Å². The standard InChI is InChI=1S/C26H30O4/c1-27-19-28-20-30-26(14-5-2-6-15-26)24-10-7-11-25(17-24)29-18-21-12-13-22-8-3-4-9-23(22)16-21/h3-4,7-13,16-17H,2,5-6,14-15,18-20H2,1H3. The van der Waals surface area contributed by atoms with Crippen LogP contribution in [0.15, 0.2) is 66.7 Å². The van der Waals surface area contributed by atoms with Crippen LogP contribution >= 0.6 is 0 Å². The second-order valence-corrected chi connectivity index (χ2v) is 7.93. The van der Waals surface area contributed by atoms with Gasteiger partial charge in [0.15, 0.2) is 6.79 Å². The van der Waals surface area contributed by atoms with Crippen LogP contribution in [-0.4, -0.2) is 20.7 Å². The molecule has 4 rings (SSSR count). The Morgan fingerprint density at radius 3 is 2.47 bits per heavy atom. The summed E-state index contributed by atoms with van der Waals surface area (Å²) >= 11 is 0. The summed E-state index contributed by atoms with van der Waals surface area (Å²) in [5, 5.41) is 2.48. The Balaban J connectivity index is 1.47. The number of methoxy groups -OCH3 is 1. The molecule has 1 saturated carbocycles. The highest BCUT2D eigenvalue weighted by Crippen LogP contribution is 2.41. The van der Waals surface area contributed by atoms with E-state index in [1.807, 2.05) is 6.07 Å². The lowest BCUT2D eigenvalue weighted by Crippen LogP contribution is -2.33. The fraction of sp³-hybridized carbons (Fsp3) is 0.385. The molecular formula is C26H30O4. The van der Waals surface area contributed by atoms with Crippen LogP contribution in [0, 0.1) is 0 Å². The van der Waals surface area contributed by atoms with Gasteiger partial charge in [-0.1, -0.05) is 67.8 Å². The van der Waals surface area contributed by atoms with Gasteiger partial charge in [-0.25, -0.2) is 0 Å². The second kappa shape index (κ2) is 10.1. The first-order chi connectivity index (χ1) is 14.8. The molecular weight excluding hydrogens is 376 g/mol. The molecule has 0 spiro atoms. The van der Waals surface area contributed by atoms with Crippen LogP contribution in [0.25, 0.3) is 10.8 Å². The van der Waals surface area contributed by atoms with Crippen molar-refractivity contribution in [1.29, 1.82) is 0 Å². The van der Waals surface area contributed by atoms with E-state index in [0.29, 0.717) is 6.61 Å². The molecule has 4 nitrogen and oxygen atoms in total. The van der Waals surface area contributed by atoms with Gasteiger partial charge in [-0.05, 0) is 52.9 Å². The molecule has 0 heterocycles. The first kappa shape index (κ1) is 20.9. The predicted molar refractivity (Wildman–Crippen MR) is 118 cm³/mol. The normalized spacial score (nSPS) is 15.9. The van der Waals surface area contributed by atoms with Crippen LogP contribution in [-0.2, 0) is 26.4 Å². The lowest BCUT2D eigenvalue weighted by atomic mass is 9.79. The van der Waals surface area contributed by atoms with Crippen LogP contribution in [0.1, 0.15) is 43.2 Å². The molecule has 30 heavy (non-hydrogen) atoms. The number of fused-ring (bicyclic) bond motifs is 1. The Morgan fingerprint density at radius 2 is 1.63 bits per heavy atom. The van der Waals surface area contributed by atoms with E-state index in [0.717, 1.165) is 37.0 Å². The van der Waals surface area contributed by atoms with Gasteiger partial charge in [-0.3, -0.25) is 0 Å². The van der Waals surface area contributed by atoms with E-state index < -0.39 is 0 Å². The zero-order valence-corrected chi connectivity index (χ0v) is 17.6. The van der Waals surface area contributed by atoms with E-state index in [1.54, 1.807) is 7.11 Å². The summed E-state index contributed by atoms with van der Waals surface area (Å²) < 4.78 is 22.8. The topological polar surface area (TPSA) is 36.9 Å². The molecule has 0 unspecified atom stereocenters. The van der Waals surface area contributed by atoms with Gasteiger partial charge in [0.25, 0.3) is 0 Å². The van der Waals surface area contributed by atoms with Gasteiger partial charge in [0.05, 0.1) is 5.60 Å². The van der Waals surface area contributed by atoms with Crippen LogP contribution in [0.3, 0.4) is 0 Å². The summed E-state index contributed by atoms with van der Waals surface area (Å²) in [5.41, 5.74) is 2.02. The molecule has 0 amide bonds. The van der Waals surface area contributed by atoms with Gasteiger partial charge in [-0.15, -0.1) is 0 Å². The molecule has 3 aromatic carbocycles. The highest BCUT2D eigenvalue weighted by atomic mass is 16.7. The molecule has 158 valence electrons. The Kier molecular flexibility index (Phi) is 7.00. The average Bonchev–Trinajstić information content (AvgIpc) is 2.81. The lowest BCUT2D eigenvalue weighted by molar-refractivity contribution is -0.189. The van der Waals surface area contributed by atoms with Crippen molar-refractivity contribution in [3.8, 4) is 5.75 Å². The smallest absolute Gasteiger partial charge is 0.150 e. The van der Waals surface area contributed by atoms with E-state index >= 15 is 0 Å². The van der Waals surface area contributed by atoms with Gasteiger partial charge in [0.2, 0.25) is 0 Å². The third-order valence-electron chi connectivity index (χ3n) is 5.86. The Labute approximate surface area is 178 Å². The van der Waals surface area contributed by atoms with Gasteiger partial charge < -0.3 is 18.9 Å². The summed E-state index contributed by atoms with van der Waals surface area (Å²) in [7, 11) is 1.62. The number of benzene rings is 3. The zero-order chi connectivity index (χ0) is 20.7. The largest absolute Gasteiger partial charge is 0.489 e. The molecule has 0 aromatic heterocycles. The maximum absolute atomic E-state index is 6.27. The minimum Gasteiger partial charge on any atom is -0.489 e. The van der Waals surface area contributed by atoms with Crippen LogP contribution in [0.5, 0.6) is 5.75 Å².